The average molecular weight is 473 g/mol. The highest BCUT2D eigenvalue weighted by molar-refractivity contribution is 5.79. The van der Waals surface area contributed by atoms with E-state index in [9.17, 15) is 9.90 Å². The van der Waals surface area contributed by atoms with Crippen LogP contribution in [0.3, 0.4) is 0 Å². The van der Waals surface area contributed by atoms with Crippen molar-refractivity contribution in [2.45, 2.75) is 39.3 Å². The number of carbonyl (C=O) groups is 1. The Bertz CT molecular complexity index is 1060. The number of amides is 1. The van der Waals surface area contributed by atoms with Crippen molar-refractivity contribution in [1.29, 1.82) is 0 Å². The lowest BCUT2D eigenvalue weighted by Crippen LogP contribution is -2.42. The maximum absolute atomic E-state index is 13.6. The number of carbonyl (C=O) groups excluding carboxylic acids is 1. The van der Waals surface area contributed by atoms with Crippen LogP contribution in [0.25, 0.3) is 0 Å². The number of nitrogens with zero attached hydrogens (tertiary/aromatic N) is 2. The molecule has 5 nitrogen and oxygen atoms in total. The van der Waals surface area contributed by atoms with Crippen molar-refractivity contribution < 1.29 is 14.6 Å². The smallest absolute Gasteiger partial charge is 0.226 e. The van der Waals surface area contributed by atoms with Crippen molar-refractivity contribution in [2.75, 3.05) is 26.2 Å². The Morgan fingerprint density at radius 1 is 0.943 bits per heavy atom. The van der Waals surface area contributed by atoms with Crippen LogP contribution in [0.15, 0.2) is 78.9 Å². The second-order valence-electron chi connectivity index (χ2n) is 9.23. The van der Waals surface area contributed by atoms with Crippen molar-refractivity contribution in [3.05, 3.63) is 95.6 Å². The van der Waals surface area contributed by atoms with Gasteiger partial charge in [-0.25, -0.2) is 0 Å². The largest absolute Gasteiger partial charge is 0.504 e. The molecule has 0 unspecified atom stereocenters. The number of likely N-dealkylation sites (tertiary alicyclic amines) is 1. The molecule has 1 N–H and O–H groups in total. The lowest BCUT2D eigenvalue weighted by atomic mass is 9.94. The third-order valence-electron chi connectivity index (χ3n) is 6.75. The fraction of sp³-hybridized carbons (Fsp3) is 0.367. The summed E-state index contributed by atoms with van der Waals surface area (Å²) < 4.78 is 5.53. The molecule has 0 aromatic heterocycles. The lowest BCUT2D eigenvalue weighted by Gasteiger charge is -2.34. The number of piperidine rings is 1. The standard InChI is InChI=1S/C30H36N2O3/c1-2-35-28-15-9-14-27(29(28)33)23-31-19-17-26(18-20-31)30(34)32(22-25-12-7-4-8-13-25)21-16-24-10-5-3-6-11-24/h3-15,26,33H,2,16-23H2,1H3. The normalized spacial score (nSPS) is 14.5. The first-order chi connectivity index (χ1) is 17.1. The highest BCUT2D eigenvalue weighted by atomic mass is 16.5. The van der Waals surface area contributed by atoms with Crippen LogP contribution >= 0.6 is 0 Å². The lowest BCUT2D eigenvalue weighted by molar-refractivity contribution is -0.137. The van der Waals surface area contributed by atoms with Gasteiger partial charge in [0.2, 0.25) is 5.91 Å². The zero-order valence-corrected chi connectivity index (χ0v) is 20.6. The Hall–Kier alpha value is -3.31. The van der Waals surface area contributed by atoms with E-state index in [1.54, 1.807) is 6.07 Å². The molecule has 0 radical (unpaired) electrons. The third-order valence-corrected chi connectivity index (χ3v) is 6.75. The van der Waals surface area contributed by atoms with Crippen molar-refractivity contribution in [1.82, 2.24) is 9.80 Å². The molecule has 1 amide bonds. The molecule has 1 aliphatic heterocycles. The van der Waals surface area contributed by atoms with Gasteiger partial charge in [0.15, 0.2) is 11.5 Å². The minimum atomic E-state index is 0.0362. The number of hydrogen-bond acceptors (Lipinski definition) is 4. The Labute approximate surface area is 209 Å². The molecule has 1 heterocycles. The average Bonchev–Trinajstić information content (AvgIpc) is 2.90. The fourth-order valence-corrected chi connectivity index (χ4v) is 4.78. The molecule has 0 saturated carbocycles. The molecule has 1 saturated heterocycles. The molecule has 0 atom stereocenters. The van der Waals surface area contributed by atoms with Gasteiger partial charge in [-0.3, -0.25) is 9.69 Å². The minimum Gasteiger partial charge on any atom is -0.504 e. The second kappa shape index (κ2) is 12.4. The number of rotatable bonds is 10. The molecule has 3 aromatic carbocycles. The Kier molecular flexibility index (Phi) is 8.79. The molecule has 3 aromatic rings. The highest BCUT2D eigenvalue weighted by Gasteiger charge is 2.29. The number of para-hydroxylation sites is 1. The van der Waals surface area contributed by atoms with E-state index in [1.807, 2.05) is 48.2 Å². The SMILES string of the molecule is CCOc1cccc(CN2CCC(C(=O)N(CCc3ccccc3)Cc3ccccc3)CC2)c1O. The summed E-state index contributed by atoms with van der Waals surface area (Å²) in [6, 6.07) is 26.3. The zero-order valence-electron chi connectivity index (χ0n) is 20.6. The van der Waals surface area contributed by atoms with Gasteiger partial charge in [0.05, 0.1) is 6.61 Å². The van der Waals surface area contributed by atoms with Gasteiger partial charge in [0.1, 0.15) is 0 Å². The highest BCUT2D eigenvalue weighted by Crippen LogP contribution is 2.32. The number of phenols is 1. The Balaban J connectivity index is 1.37. The van der Waals surface area contributed by atoms with Crippen LogP contribution in [-0.2, 0) is 24.3 Å². The van der Waals surface area contributed by atoms with Gasteiger partial charge in [-0.2, -0.15) is 0 Å². The van der Waals surface area contributed by atoms with Gasteiger partial charge in [0.25, 0.3) is 0 Å². The van der Waals surface area contributed by atoms with E-state index in [-0.39, 0.29) is 17.6 Å². The Morgan fingerprint density at radius 3 is 2.26 bits per heavy atom. The van der Waals surface area contributed by atoms with Gasteiger partial charge < -0.3 is 14.7 Å². The number of benzene rings is 3. The number of ether oxygens (including phenoxy) is 1. The number of hydrogen-bond donors (Lipinski definition) is 1. The second-order valence-corrected chi connectivity index (χ2v) is 9.23. The number of aromatic hydroxyl groups is 1. The predicted molar refractivity (Wildman–Crippen MR) is 139 cm³/mol. The monoisotopic (exact) mass is 472 g/mol. The molecule has 1 fully saturated rings. The predicted octanol–water partition coefficient (Wildman–Crippen LogP) is 5.27. The van der Waals surface area contributed by atoms with Crippen LogP contribution in [0, 0.1) is 5.92 Å². The Morgan fingerprint density at radius 2 is 1.60 bits per heavy atom. The van der Waals surface area contributed by atoms with Gasteiger partial charge in [0, 0.05) is 31.1 Å². The number of phenolic OH excluding ortho intramolecular Hbond substituents is 1. The summed E-state index contributed by atoms with van der Waals surface area (Å²) in [5.74, 6) is 1.05. The first kappa shape index (κ1) is 24.8. The van der Waals surface area contributed by atoms with Crippen LogP contribution < -0.4 is 4.74 Å². The minimum absolute atomic E-state index is 0.0362. The van der Waals surface area contributed by atoms with Crippen molar-refractivity contribution in [3.8, 4) is 11.5 Å². The molecule has 0 bridgehead atoms. The van der Waals surface area contributed by atoms with Crippen LogP contribution in [0.2, 0.25) is 0 Å². The van der Waals surface area contributed by atoms with Crippen molar-refractivity contribution in [3.63, 3.8) is 0 Å². The molecular formula is C30H36N2O3. The molecule has 35 heavy (non-hydrogen) atoms. The van der Waals surface area contributed by atoms with Gasteiger partial charge in [-0.15, -0.1) is 0 Å². The van der Waals surface area contributed by atoms with Crippen LogP contribution in [0.4, 0.5) is 0 Å². The topological polar surface area (TPSA) is 53.0 Å². The van der Waals surface area contributed by atoms with E-state index >= 15 is 0 Å². The zero-order chi connectivity index (χ0) is 24.5. The summed E-state index contributed by atoms with van der Waals surface area (Å²) in [7, 11) is 0. The summed E-state index contributed by atoms with van der Waals surface area (Å²) in [5, 5.41) is 10.5. The van der Waals surface area contributed by atoms with E-state index in [0.717, 1.165) is 50.0 Å². The van der Waals surface area contributed by atoms with E-state index in [1.165, 1.54) is 5.56 Å². The quantitative estimate of drug-likeness (QED) is 0.437. The van der Waals surface area contributed by atoms with Crippen LogP contribution in [0.5, 0.6) is 11.5 Å². The summed E-state index contributed by atoms with van der Waals surface area (Å²) in [6.07, 6.45) is 2.52. The van der Waals surface area contributed by atoms with Crippen LogP contribution in [-0.4, -0.2) is 47.1 Å². The summed E-state index contributed by atoms with van der Waals surface area (Å²) in [4.78, 5) is 18.0. The van der Waals surface area contributed by atoms with Gasteiger partial charge in [-0.05, 0) is 56.5 Å². The van der Waals surface area contributed by atoms with E-state index < -0.39 is 0 Å². The maximum atomic E-state index is 13.6. The van der Waals surface area contributed by atoms with Gasteiger partial charge >= 0.3 is 0 Å². The van der Waals surface area contributed by atoms with Crippen LogP contribution in [0.1, 0.15) is 36.5 Å². The molecule has 0 spiro atoms. The first-order valence-corrected chi connectivity index (χ1v) is 12.7. The fourth-order valence-electron chi connectivity index (χ4n) is 4.78. The summed E-state index contributed by atoms with van der Waals surface area (Å²) in [5.41, 5.74) is 3.28. The molecular weight excluding hydrogens is 436 g/mol. The van der Waals surface area contributed by atoms with E-state index in [2.05, 4.69) is 41.3 Å². The molecule has 4 rings (SSSR count). The third kappa shape index (κ3) is 6.86. The maximum Gasteiger partial charge on any atom is 0.226 e. The van der Waals surface area contributed by atoms with Crippen molar-refractivity contribution >= 4 is 5.91 Å². The molecule has 1 aliphatic rings. The van der Waals surface area contributed by atoms with Gasteiger partial charge in [-0.1, -0.05) is 72.8 Å². The molecule has 0 aliphatic carbocycles. The van der Waals surface area contributed by atoms with Crippen molar-refractivity contribution in [2.24, 2.45) is 5.92 Å². The first-order valence-electron chi connectivity index (χ1n) is 12.7. The summed E-state index contributed by atoms with van der Waals surface area (Å²) in [6.45, 7) is 6.14. The molecule has 5 heteroatoms. The summed E-state index contributed by atoms with van der Waals surface area (Å²) >= 11 is 0. The van der Waals surface area contributed by atoms with E-state index in [4.69, 9.17) is 4.74 Å². The molecule has 184 valence electrons. The van der Waals surface area contributed by atoms with E-state index in [0.29, 0.717) is 25.4 Å².